The SMILES string of the molecule is Cn1c(CNC(=O)CSCc2coc(-c3ccccc3)n2)nc2ccccc21. The topological polar surface area (TPSA) is 73.0 Å². The second kappa shape index (κ2) is 8.31. The minimum Gasteiger partial charge on any atom is -0.444 e. The summed E-state index contributed by atoms with van der Waals surface area (Å²) in [5, 5.41) is 2.93. The zero-order valence-corrected chi connectivity index (χ0v) is 16.3. The molecule has 28 heavy (non-hydrogen) atoms. The largest absolute Gasteiger partial charge is 0.444 e. The number of carbonyl (C=O) groups excluding carboxylic acids is 1. The van der Waals surface area contributed by atoms with E-state index in [2.05, 4.69) is 15.3 Å². The highest BCUT2D eigenvalue weighted by Gasteiger charge is 2.10. The van der Waals surface area contributed by atoms with E-state index in [1.54, 1.807) is 6.26 Å². The molecule has 2 aromatic carbocycles. The van der Waals surface area contributed by atoms with Crippen LogP contribution in [-0.2, 0) is 24.1 Å². The van der Waals surface area contributed by atoms with Crippen molar-refractivity contribution in [2.75, 3.05) is 5.75 Å². The molecule has 0 aliphatic rings. The van der Waals surface area contributed by atoms with Crippen LogP contribution in [0.1, 0.15) is 11.5 Å². The molecule has 4 aromatic rings. The number of nitrogens with zero attached hydrogens (tertiary/aromatic N) is 3. The standard InChI is InChI=1S/C21H20N4O2S/c1-25-18-10-6-5-9-17(18)24-19(25)11-22-20(26)14-28-13-16-12-27-21(23-16)15-7-3-2-4-8-15/h2-10,12H,11,13-14H2,1H3,(H,22,26). The lowest BCUT2D eigenvalue weighted by Gasteiger charge is -2.05. The Kier molecular flexibility index (Phi) is 5.43. The lowest BCUT2D eigenvalue weighted by atomic mass is 10.2. The molecular weight excluding hydrogens is 372 g/mol. The number of hydrogen-bond donors (Lipinski definition) is 1. The molecule has 0 aliphatic heterocycles. The van der Waals surface area contributed by atoms with Gasteiger partial charge in [-0.2, -0.15) is 0 Å². The van der Waals surface area contributed by atoms with Gasteiger partial charge in [0, 0.05) is 18.4 Å². The minimum atomic E-state index is -0.0242. The summed E-state index contributed by atoms with van der Waals surface area (Å²) in [6.07, 6.45) is 1.65. The molecule has 0 atom stereocenters. The number of oxazole rings is 1. The Hall–Kier alpha value is -3.06. The van der Waals surface area contributed by atoms with Gasteiger partial charge in [-0.05, 0) is 24.3 Å². The summed E-state index contributed by atoms with van der Waals surface area (Å²) in [7, 11) is 1.96. The van der Waals surface area contributed by atoms with E-state index in [1.165, 1.54) is 11.8 Å². The number of rotatable bonds is 7. The smallest absolute Gasteiger partial charge is 0.230 e. The van der Waals surface area contributed by atoms with Gasteiger partial charge in [0.25, 0.3) is 0 Å². The monoisotopic (exact) mass is 392 g/mol. The van der Waals surface area contributed by atoms with E-state index >= 15 is 0 Å². The first kappa shape index (κ1) is 18.3. The Bertz CT molecular complexity index is 1090. The number of carbonyl (C=O) groups is 1. The summed E-state index contributed by atoms with van der Waals surface area (Å²) < 4.78 is 7.52. The van der Waals surface area contributed by atoms with E-state index in [0.29, 0.717) is 23.9 Å². The fourth-order valence-electron chi connectivity index (χ4n) is 2.92. The number of fused-ring (bicyclic) bond motifs is 1. The van der Waals surface area contributed by atoms with Gasteiger partial charge in [0.05, 0.1) is 29.0 Å². The molecule has 7 heteroatoms. The molecule has 2 aromatic heterocycles. The molecule has 142 valence electrons. The summed E-state index contributed by atoms with van der Waals surface area (Å²) in [6.45, 7) is 0.409. The Morgan fingerprint density at radius 3 is 2.71 bits per heavy atom. The maximum absolute atomic E-state index is 12.1. The van der Waals surface area contributed by atoms with Crippen molar-refractivity contribution >= 4 is 28.7 Å². The van der Waals surface area contributed by atoms with Crippen molar-refractivity contribution in [1.29, 1.82) is 0 Å². The van der Waals surface area contributed by atoms with Crippen LogP contribution in [-0.4, -0.2) is 26.2 Å². The van der Waals surface area contributed by atoms with Crippen LogP contribution in [0.15, 0.2) is 65.3 Å². The van der Waals surface area contributed by atoms with E-state index in [4.69, 9.17) is 4.42 Å². The van der Waals surface area contributed by atoms with Crippen LogP contribution in [0, 0.1) is 0 Å². The molecule has 1 amide bonds. The number of imidazole rings is 1. The van der Waals surface area contributed by atoms with E-state index in [-0.39, 0.29) is 5.91 Å². The summed E-state index contributed by atoms with van der Waals surface area (Å²) >= 11 is 1.51. The number of benzene rings is 2. The molecule has 0 bridgehead atoms. The molecule has 0 saturated carbocycles. The van der Waals surface area contributed by atoms with Crippen molar-refractivity contribution in [2.45, 2.75) is 12.3 Å². The van der Waals surface area contributed by atoms with Gasteiger partial charge in [0.1, 0.15) is 12.1 Å². The van der Waals surface area contributed by atoms with Gasteiger partial charge in [-0.15, -0.1) is 11.8 Å². The van der Waals surface area contributed by atoms with Crippen LogP contribution in [0.5, 0.6) is 0 Å². The third kappa shape index (κ3) is 4.09. The van der Waals surface area contributed by atoms with Gasteiger partial charge in [-0.25, -0.2) is 9.97 Å². The molecule has 6 nitrogen and oxygen atoms in total. The average Bonchev–Trinajstić information content (AvgIpc) is 3.32. The zero-order valence-electron chi connectivity index (χ0n) is 15.5. The predicted octanol–water partition coefficient (Wildman–Crippen LogP) is 3.78. The Morgan fingerprint density at radius 2 is 1.89 bits per heavy atom. The van der Waals surface area contributed by atoms with Crippen molar-refractivity contribution in [3.63, 3.8) is 0 Å². The third-order valence-corrected chi connectivity index (χ3v) is 5.35. The maximum Gasteiger partial charge on any atom is 0.230 e. The van der Waals surface area contributed by atoms with E-state index in [9.17, 15) is 4.79 Å². The summed E-state index contributed by atoms with van der Waals surface area (Å²) in [4.78, 5) is 21.2. The highest BCUT2D eigenvalue weighted by atomic mass is 32.2. The first-order valence-corrected chi connectivity index (χ1v) is 10.1. The molecule has 0 aliphatic carbocycles. The Morgan fingerprint density at radius 1 is 1.11 bits per heavy atom. The predicted molar refractivity (Wildman–Crippen MR) is 111 cm³/mol. The number of aryl methyl sites for hydroxylation is 1. The average molecular weight is 392 g/mol. The highest BCUT2D eigenvalue weighted by Crippen LogP contribution is 2.20. The van der Waals surface area contributed by atoms with Gasteiger partial charge in [-0.1, -0.05) is 30.3 Å². The second-order valence-electron chi connectivity index (χ2n) is 6.36. The second-order valence-corrected chi connectivity index (χ2v) is 7.34. The van der Waals surface area contributed by atoms with Crippen LogP contribution in [0.2, 0.25) is 0 Å². The maximum atomic E-state index is 12.1. The first-order valence-electron chi connectivity index (χ1n) is 8.95. The van der Waals surface area contributed by atoms with Crippen LogP contribution in [0.25, 0.3) is 22.5 Å². The van der Waals surface area contributed by atoms with Crippen molar-refractivity contribution in [2.24, 2.45) is 7.05 Å². The number of hydrogen-bond acceptors (Lipinski definition) is 5. The molecular formula is C21H20N4O2S. The zero-order chi connectivity index (χ0) is 19.3. The third-order valence-electron chi connectivity index (χ3n) is 4.38. The van der Waals surface area contributed by atoms with Crippen molar-refractivity contribution in [1.82, 2.24) is 19.9 Å². The fraction of sp³-hybridized carbons (Fsp3) is 0.190. The van der Waals surface area contributed by atoms with Crippen LogP contribution in [0.3, 0.4) is 0 Å². The van der Waals surface area contributed by atoms with Crippen molar-refractivity contribution < 1.29 is 9.21 Å². The number of aromatic nitrogens is 3. The van der Waals surface area contributed by atoms with E-state index < -0.39 is 0 Å². The lowest BCUT2D eigenvalue weighted by Crippen LogP contribution is -2.26. The molecule has 0 fully saturated rings. The molecule has 1 N–H and O–H groups in total. The summed E-state index contributed by atoms with van der Waals surface area (Å²) in [5.41, 5.74) is 3.76. The number of thioether (sulfide) groups is 1. The molecule has 0 radical (unpaired) electrons. The van der Waals surface area contributed by atoms with E-state index in [0.717, 1.165) is 28.1 Å². The summed E-state index contributed by atoms with van der Waals surface area (Å²) in [6, 6.07) is 17.7. The Labute approximate surface area is 167 Å². The van der Waals surface area contributed by atoms with Crippen LogP contribution >= 0.6 is 11.8 Å². The van der Waals surface area contributed by atoms with Crippen LogP contribution in [0.4, 0.5) is 0 Å². The number of para-hydroxylation sites is 2. The van der Waals surface area contributed by atoms with Gasteiger partial charge < -0.3 is 14.3 Å². The normalized spacial score (nSPS) is 11.0. The number of nitrogens with one attached hydrogen (secondary N) is 1. The number of amides is 1. The Balaban J connectivity index is 1.26. The first-order chi connectivity index (χ1) is 13.7. The van der Waals surface area contributed by atoms with Gasteiger partial charge >= 0.3 is 0 Å². The van der Waals surface area contributed by atoms with Gasteiger partial charge in [0.2, 0.25) is 11.8 Å². The van der Waals surface area contributed by atoms with Gasteiger partial charge in [0.15, 0.2) is 0 Å². The molecule has 4 rings (SSSR count). The van der Waals surface area contributed by atoms with Gasteiger partial charge in [-0.3, -0.25) is 4.79 Å². The molecule has 0 saturated heterocycles. The van der Waals surface area contributed by atoms with Crippen molar-refractivity contribution in [3.8, 4) is 11.5 Å². The van der Waals surface area contributed by atoms with E-state index in [1.807, 2.05) is 66.2 Å². The molecule has 2 heterocycles. The lowest BCUT2D eigenvalue weighted by molar-refractivity contribution is -0.118. The fourth-order valence-corrected chi connectivity index (χ4v) is 3.65. The highest BCUT2D eigenvalue weighted by molar-refractivity contribution is 7.99. The molecule has 0 spiro atoms. The summed E-state index contributed by atoms with van der Waals surface area (Å²) in [5.74, 6) is 2.39. The van der Waals surface area contributed by atoms with Crippen LogP contribution < -0.4 is 5.32 Å². The molecule has 0 unspecified atom stereocenters. The minimum absolute atomic E-state index is 0.0242. The van der Waals surface area contributed by atoms with Crippen molar-refractivity contribution in [3.05, 3.63) is 72.4 Å². The quantitative estimate of drug-likeness (QED) is 0.518.